The van der Waals surface area contributed by atoms with E-state index in [1.807, 2.05) is 24.6 Å². The number of methoxy groups -OCH3 is 1. The maximum Gasteiger partial charge on any atom is 0.182 e. The number of nitrogens with zero attached hydrogens (tertiary/aromatic N) is 4. The van der Waals surface area contributed by atoms with Gasteiger partial charge in [-0.3, -0.25) is 9.38 Å². The molecule has 0 saturated carbocycles. The highest BCUT2D eigenvalue weighted by atomic mass is 16.5. The molecule has 92 valence electrons. The number of fused-ring (bicyclic) bond motifs is 1. The summed E-state index contributed by atoms with van der Waals surface area (Å²) >= 11 is 0. The zero-order valence-corrected chi connectivity index (χ0v) is 10.3. The van der Waals surface area contributed by atoms with Crippen LogP contribution in [-0.2, 0) is 11.2 Å². The number of ether oxygens (including phenoxy) is 1. The van der Waals surface area contributed by atoms with E-state index in [4.69, 9.17) is 4.74 Å². The number of aromatic nitrogens is 4. The number of likely N-dealkylation sites (N-methyl/N-ethyl adjacent to an activating group) is 1. The van der Waals surface area contributed by atoms with Gasteiger partial charge in [0.15, 0.2) is 5.65 Å². The van der Waals surface area contributed by atoms with E-state index in [-0.39, 0.29) is 6.04 Å². The first-order valence-corrected chi connectivity index (χ1v) is 5.57. The maximum atomic E-state index is 5.15. The van der Waals surface area contributed by atoms with E-state index in [2.05, 4.69) is 20.5 Å². The second kappa shape index (κ2) is 5.20. The van der Waals surface area contributed by atoms with Crippen molar-refractivity contribution in [1.82, 2.24) is 24.9 Å². The summed E-state index contributed by atoms with van der Waals surface area (Å²) in [5, 5.41) is 11.4. The third-order valence-electron chi connectivity index (χ3n) is 2.79. The van der Waals surface area contributed by atoms with Gasteiger partial charge in [0.25, 0.3) is 0 Å². The third-order valence-corrected chi connectivity index (χ3v) is 2.79. The largest absolute Gasteiger partial charge is 0.383 e. The molecule has 6 nitrogen and oxygen atoms in total. The minimum absolute atomic E-state index is 0.232. The van der Waals surface area contributed by atoms with Crippen molar-refractivity contribution in [3.63, 3.8) is 0 Å². The smallest absolute Gasteiger partial charge is 0.182 e. The molecule has 2 aromatic rings. The molecular formula is C11H17N5O. The van der Waals surface area contributed by atoms with E-state index in [0.29, 0.717) is 6.61 Å². The van der Waals surface area contributed by atoms with Crippen LogP contribution in [-0.4, -0.2) is 46.4 Å². The first-order valence-electron chi connectivity index (χ1n) is 5.57. The van der Waals surface area contributed by atoms with Crippen LogP contribution in [0.4, 0.5) is 0 Å². The second-order valence-corrected chi connectivity index (χ2v) is 3.96. The van der Waals surface area contributed by atoms with Crippen molar-refractivity contribution in [2.75, 3.05) is 20.8 Å². The number of rotatable bonds is 5. The Morgan fingerprint density at radius 3 is 3.00 bits per heavy atom. The van der Waals surface area contributed by atoms with Crippen molar-refractivity contribution >= 4 is 5.65 Å². The average molecular weight is 235 g/mol. The van der Waals surface area contributed by atoms with Crippen LogP contribution < -0.4 is 5.32 Å². The van der Waals surface area contributed by atoms with Crippen LogP contribution in [0.2, 0.25) is 0 Å². The van der Waals surface area contributed by atoms with Crippen LogP contribution >= 0.6 is 0 Å². The Balaban J connectivity index is 2.29. The SMILES string of the molecule is CNC(COC)Cc1nccn2c(C)nnc12. The average Bonchev–Trinajstić information content (AvgIpc) is 2.72. The van der Waals surface area contributed by atoms with Crippen molar-refractivity contribution in [1.29, 1.82) is 0 Å². The highest BCUT2D eigenvalue weighted by Crippen LogP contribution is 2.09. The minimum atomic E-state index is 0.232. The zero-order chi connectivity index (χ0) is 12.3. The van der Waals surface area contributed by atoms with Crippen LogP contribution in [0.5, 0.6) is 0 Å². The van der Waals surface area contributed by atoms with Crippen LogP contribution in [0.1, 0.15) is 11.5 Å². The zero-order valence-electron chi connectivity index (χ0n) is 10.3. The fourth-order valence-electron chi connectivity index (χ4n) is 1.82. The summed E-state index contributed by atoms with van der Waals surface area (Å²) < 4.78 is 7.10. The predicted molar refractivity (Wildman–Crippen MR) is 63.9 cm³/mol. The van der Waals surface area contributed by atoms with E-state index in [9.17, 15) is 0 Å². The predicted octanol–water partition coefficient (Wildman–Crippen LogP) is 0.210. The molecule has 2 rings (SSSR count). The van der Waals surface area contributed by atoms with Gasteiger partial charge in [-0.05, 0) is 14.0 Å². The Kier molecular flexibility index (Phi) is 3.65. The van der Waals surface area contributed by atoms with Gasteiger partial charge in [-0.1, -0.05) is 0 Å². The number of hydrogen-bond acceptors (Lipinski definition) is 5. The van der Waals surface area contributed by atoms with Gasteiger partial charge in [0, 0.05) is 32.0 Å². The van der Waals surface area contributed by atoms with Gasteiger partial charge in [-0.25, -0.2) is 0 Å². The lowest BCUT2D eigenvalue weighted by molar-refractivity contribution is 0.169. The lowest BCUT2D eigenvalue weighted by atomic mass is 10.1. The number of aryl methyl sites for hydroxylation is 1. The van der Waals surface area contributed by atoms with Crippen molar-refractivity contribution in [2.45, 2.75) is 19.4 Å². The molecule has 1 unspecified atom stereocenters. The van der Waals surface area contributed by atoms with E-state index >= 15 is 0 Å². The molecule has 0 aliphatic heterocycles. The molecule has 0 bridgehead atoms. The van der Waals surface area contributed by atoms with Gasteiger partial charge in [-0.15, -0.1) is 10.2 Å². The lowest BCUT2D eigenvalue weighted by Crippen LogP contribution is -2.32. The monoisotopic (exact) mass is 235 g/mol. The second-order valence-electron chi connectivity index (χ2n) is 3.96. The maximum absolute atomic E-state index is 5.15. The molecule has 0 aliphatic carbocycles. The Morgan fingerprint density at radius 2 is 2.29 bits per heavy atom. The normalized spacial score (nSPS) is 13.1. The summed E-state index contributed by atoms with van der Waals surface area (Å²) in [4.78, 5) is 4.37. The van der Waals surface area contributed by atoms with Crippen molar-refractivity contribution in [3.05, 3.63) is 23.9 Å². The molecule has 0 fully saturated rings. The Hall–Kier alpha value is -1.53. The van der Waals surface area contributed by atoms with Gasteiger partial charge in [0.2, 0.25) is 0 Å². The quantitative estimate of drug-likeness (QED) is 0.802. The van der Waals surface area contributed by atoms with E-state index < -0.39 is 0 Å². The van der Waals surface area contributed by atoms with Crippen molar-refractivity contribution < 1.29 is 4.74 Å². The molecule has 2 aromatic heterocycles. The summed E-state index contributed by atoms with van der Waals surface area (Å²) in [6.07, 6.45) is 4.42. The summed E-state index contributed by atoms with van der Waals surface area (Å²) in [5.41, 5.74) is 1.76. The highest BCUT2D eigenvalue weighted by molar-refractivity contribution is 5.43. The highest BCUT2D eigenvalue weighted by Gasteiger charge is 2.13. The van der Waals surface area contributed by atoms with Crippen molar-refractivity contribution in [2.24, 2.45) is 0 Å². The van der Waals surface area contributed by atoms with Crippen LogP contribution in [0, 0.1) is 6.92 Å². The van der Waals surface area contributed by atoms with Crippen molar-refractivity contribution in [3.8, 4) is 0 Å². The van der Waals surface area contributed by atoms with Crippen LogP contribution in [0.25, 0.3) is 5.65 Å². The number of nitrogens with one attached hydrogen (secondary N) is 1. The summed E-state index contributed by atoms with van der Waals surface area (Å²) in [7, 11) is 3.61. The van der Waals surface area contributed by atoms with Gasteiger partial charge >= 0.3 is 0 Å². The summed E-state index contributed by atoms with van der Waals surface area (Å²) in [6.45, 7) is 2.57. The molecular weight excluding hydrogens is 218 g/mol. The fraction of sp³-hybridized carbons (Fsp3) is 0.545. The molecule has 6 heteroatoms. The molecule has 2 heterocycles. The Morgan fingerprint density at radius 1 is 1.47 bits per heavy atom. The molecule has 1 N–H and O–H groups in total. The van der Waals surface area contributed by atoms with E-state index in [1.54, 1.807) is 13.3 Å². The Bertz CT molecular complexity index is 496. The number of hydrogen-bond donors (Lipinski definition) is 1. The van der Waals surface area contributed by atoms with Gasteiger partial charge in [-0.2, -0.15) is 0 Å². The minimum Gasteiger partial charge on any atom is -0.383 e. The third kappa shape index (κ3) is 2.42. The van der Waals surface area contributed by atoms with Gasteiger partial charge < -0.3 is 10.1 Å². The standard InChI is InChI=1S/C11H17N5O/c1-8-14-15-11-10(13-4-5-16(8)11)6-9(12-2)7-17-3/h4-5,9,12H,6-7H2,1-3H3. The van der Waals surface area contributed by atoms with Gasteiger partial charge in [0.1, 0.15) is 5.82 Å². The molecule has 0 spiro atoms. The van der Waals surface area contributed by atoms with Crippen LogP contribution in [0.3, 0.4) is 0 Å². The first-order chi connectivity index (χ1) is 8.26. The topological polar surface area (TPSA) is 64.3 Å². The first kappa shape index (κ1) is 11.9. The molecule has 17 heavy (non-hydrogen) atoms. The Labute approximate surface area is 100 Å². The van der Waals surface area contributed by atoms with Gasteiger partial charge in [0.05, 0.1) is 12.3 Å². The molecule has 0 saturated heterocycles. The molecule has 0 aliphatic rings. The molecule has 0 amide bonds. The molecule has 0 radical (unpaired) electrons. The van der Waals surface area contributed by atoms with E-state index in [0.717, 1.165) is 23.6 Å². The van der Waals surface area contributed by atoms with E-state index in [1.165, 1.54) is 0 Å². The van der Waals surface area contributed by atoms with Crippen LogP contribution in [0.15, 0.2) is 12.4 Å². The molecule has 1 atom stereocenters. The molecule has 0 aromatic carbocycles. The lowest BCUT2D eigenvalue weighted by Gasteiger charge is -2.14. The fourth-order valence-corrected chi connectivity index (χ4v) is 1.82. The summed E-state index contributed by atoms with van der Waals surface area (Å²) in [6, 6.07) is 0.232. The summed E-state index contributed by atoms with van der Waals surface area (Å²) in [5.74, 6) is 0.872.